The molecule has 0 aliphatic carbocycles. The molecule has 1 aromatic carbocycles. The fourth-order valence-corrected chi connectivity index (χ4v) is 2.65. The molecule has 1 aromatic rings. The van der Waals surface area contributed by atoms with Gasteiger partial charge in [-0.3, -0.25) is 4.90 Å². The summed E-state index contributed by atoms with van der Waals surface area (Å²) in [6.45, 7) is 2.27. The maximum atomic E-state index is 9.56. The van der Waals surface area contributed by atoms with Crippen LogP contribution in [-0.2, 0) is 0 Å². The molecule has 88 valence electrons. The molecule has 1 fully saturated rings. The van der Waals surface area contributed by atoms with E-state index in [-0.39, 0.29) is 12.6 Å². The Morgan fingerprint density at radius 2 is 1.88 bits per heavy atom. The van der Waals surface area contributed by atoms with Gasteiger partial charge in [-0.1, -0.05) is 36.2 Å². The van der Waals surface area contributed by atoms with Gasteiger partial charge in [0.25, 0.3) is 0 Å². The van der Waals surface area contributed by atoms with Crippen LogP contribution in [0.25, 0.3) is 0 Å². The Bertz CT molecular complexity index is 336. The molecule has 3 heteroatoms. The average Bonchev–Trinajstić information content (AvgIpc) is 2.34. The van der Waals surface area contributed by atoms with Crippen molar-refractivity contribution in [2.75, 3.05) is 19.7 Å². The Labute approximate surface area is 102 Å². The van der Waals surface area contributed by atoms with E-state index < -0.39 is 0 Å². The van der Waals surface area contributed by atoms with E-state index in [1.54, 1.807) is 0 Å². The van der Waals surface area contributed by atoms with E-state index >= 15 is 0 Å². The molecular formula is C13H18ClNO. The smallest absolute Gasteiger partial charge is 0.0629 e. The van der Waals surface area contributed by atoms with Crippen molar-refractivity contribution in [2.24, 2.45) is 0 Å². The molecule has 1 heterocycles. The van der Waals surface area contributed by atoms with Crippen LogP contribution in [0, 0.1) is 0 Å². The van der Waals surface area contributed by atoms with E-state index in [0.717, 1.165) is 23.7 Å². The predicted octanol–water partition coefficient (Wildman–Crippen LogP) is 2.86. The number of halogens is 1. The maximum absolute atomic E-state index is 9.56. The van der Waals surface area contributed by atoms with Crippen LogP contribution in [0.3, 0.4) is 0 Å². The van der Waals surface area contributed by atoms with E-state index in [9.17, 15) is 5.11 Å². The summed E-state index contributed by atoms with van der Waals surface area (Å²) in [6.07, 6.45) is 3.75. The fraction of sp³-hybridized carbons (Fsp3) is 0.538. The molecule has 1 aliphatic rings. The molecule has 2 rings (SSSR count). The summed E-state index contributed by atoms with van der Waals surface area (Å²) in [5.74, 6) is 0. The minimum absolute atomic E-state index is 0.0639. The fourth-order valence-electron chi connectivity index (χ4n) is 2.39. The highest BCUT2D eigenvalue weighted by atomic mass is 35.5. The molecule has 0 aromatic heterocycles. The predicted molar refractivity (Wildman–Crippen MR) is 66.7 cm³/mol. The minimum Gasteiger partial charge on any atom is -0.394 e. The van der Waals surface area contributed by atoms with E-state index in [4.69, 9.17) is 11.6 Å². The van der Waals surface area contributed by atoms with E-state index in [1.165, 1.54) is 19.3 Å². The van der Waals surface area contributed by atoms with Crippen molar-refractivity contribution >= 4 is 11.6 Å². The van der Waals surface area contributed by atoms with Gasteiger partial charge in [-0.05, 0) is 37.6 Å². The van der Waals surface area contributed by atoms with Crippen LogP contribution in [0.1, 0.15) is 30.9 Å². The molecular weight excluding hydrogens is 222 g/mol. The third-order valence-corrected chi connectivity index (χ3v) is 3.61. The molecule has 1 saturated heterocycles. The molecule has 0 radical (unpaired) electrons. The average molecular weight is 240 g/mol. The van der Waals surface area contributed by atoms with E-state index in [0.29, 0.717) is 0 Å². The molecule has 0 bridgehead atoms. The Hall–Kier alpha value is -0.570. The highest BCUT2D eigenvalue weighted by Gasteiger charge is 2.22. The number of aliphatic hydroxyl groups is 1. The molecule has 0 saturated carbocycles. The lowest BCUT2D eigenvalue weighted by molar-refractivity contribution is 0.104. The Morgan fingerprint density at radius 1 is 1.19 bits per heavy atom. The van der Waals surface area contributed by atoms with Crippen LogP contribution in [0.5, 0.6) is 0 Å². The van der Waals surface area contributed by atoms with Gasteiger partial charge in [0.15, 0.2) is 0 Å². The summed E-state index contributed by atoms with van der Waals surface area (Å²) in [6, 6.07) is 7.88. The van der Waals surface area contributed by atoms with Gasteiger partial charge in [-0.2, -0.15) is 0 Å². The summed E-state index contributed by atoms with van der Waals surface area (Å²) >= 11 is 6.18. The summed E-state index contributed by atoms with van der Waals surface area (Å²) < 4.78 is 0. The number of aliphatic hydroxyl groups excluding tert-OH is 1. The first-order valence-corrected chi connectivity index (χ1v) is 6.30. The lowest BCUT2D eigenvalue weighted by atomic mass is 10.0. The normalized spacial score (nSPS) is 19.6. The van der Waals surface area contributed by atoms with Gasteiger partial charge in [0.2, 0.25) is 0 Å². The van der Waals surface area contributed by atoms with Gasteiger partial charge in [-0.25, -0.2) is 0 Å². The third kappa shape index (κ3) is 2.57. The van der Waals surface area contributed by atoms with Crippen LogP contribution in [0.2, 0.25) is 5.02 Å². The van der Waals surface area contributed by atoms with Crippen LogP contribution in [0.4, 0.5) is 0 Å². The summed E-state index contributed by atoms with van der Waals surface area (Å²) in [5, 5.41) is 10.3. The molecule has 0 amide bonds. The van der Waals surface area contributed by atoms with Crippen LogP contribution < -0.4 is 0 Å². The molecule has 1 aliphatic heterocycles. The topological polar surface area (TPSA) is 23.5 Å². The second kappa shape index (κ2) is 5.67. The highest BCUT2D eigenvalue weighted by Crippen LogP contribution is 2.29. The van der Waals surface area contributed by atoms with Gasteiger partial charge in [-0.15, -0.1) is 0 Å². The highest BCUT2D eigenvalue weighted by molar-refractivity contribution is 6.31. The second-order valence-electron chi connectivity index (χ2n) is 4.32. The number of piperidine rings is 1. The minimum atomic E-state index is 0.0639. The number of rotatable bonds is 3. The molecule has 1 atom stereocenters. The zero-order chi connectivity index (χ0) is 11.4. The lowest BCUT2D eigenvalue weighted by Gasteiger charge is -2.34. The van der Waals surface area contributed by atoms with Crippen LogP contribution in [0.15, 0.2) is 24.3 Å². The standard InChI is InChI=1S/C13H18ClNO/c14-12-7-3-2-6-11(12)13(10-16)15-8-4-1-5-9-15/h2-3,6-7,13,16H,1,4-5,8-10H2/t13-/m1/s1. The van der Waals surface area contributed by atoms with Crippen LogP contribution >= 0.6 is 11.6 Å². The number of hydrogen-bond donors (Lipinski definition) is 1. The molecule has 0 spiro atoms. The second-order valence-corrected chi connectivity index (χ2v) is 4.72. The number of likely N-dealkylation sites (tertiary alicyclic amines) is 1. The Balaban J connectivity index is 2.18. The first kappa shape index (κ1) is 11.9. The SMILES string of the molecule is OC[C@H](c1ccccc1Cl)N1CCCCC1. The van der Waals surface area contributed by atoms with Gasteiger partial charge in [0.05, 0.1) is 12.6 Å². The third-order valence-electron chi connectivity index (χ3n) is 3.27. The molecule has 16 heavy (non-hydrogen) atoms. The van der Waals surface area contributed by atoms with Gasteiger partial charge in [0.1, 0.15) is 0 Å². The Morgan fingerprint density at radius 3 is 2.50 bits per heavy atom. The van der Waals surface area contributed by atoms with Crippen molar-refractivity contribution in [1.29, 1.82) is 0 Å². The van der Waals surface area contributed by atoms with Crippen molar-refractivity contribution in [3.63, 3.8) is 0 Å². The first-order chi connectivity index (χ1) is 7.83. The van der Waals surface area contributed by atoms with Crippen molar-refractivity contribution in [3.8, 4) is 0 Å². The maximum Gasteiger partial charge on any atom is 0.0629 e. The number of benzene rings is 1. The summed E-state index contributed by atoms with van der Waals surface area (Å²) in [5.41, 5.74) is 1.05. The van der Waals surface area contributed by atoms with E-state index in [2.05, 4.69) is 4.90 Å². The monoisotopic (exact) mass is 239 g/mol. The number of hydrogen-bond acceptors (Lipinski definition) is 2. The quantitative estimate of drug-likeness (QED) is 0.877. The zero-order valence-corrected chi connectivity index (χ0v) is 10.2. The van der Waals surface area contributed by atoms with Crippen molar-refractivity contribution in [2.45, 2.75) is 25.3 Å². The van der Waals surface area contributed by atoms with Crippen LogP contribution in [-0.4, -0.2) is 29.7 Å². The molecule has 2 nitrogen and oxygen atoms in total. The van der Waals surface area contributed by atoms with Gasteiger partial charge < -0.3 is 5.11 Å². The largest absolute Gasteiger partial charge is 0.394 e. The van der Waals surface area contributed by atoms with Crippen molar-refractivity contribution in [3.05, 3.63) is 34.9 Å². The zero-order valence-electron chi connectivity index (χ0n) is 9.40. The van der Waals surface area contributed by atoms with E-state index in [1.807, 2.05) is 24.3 Å². The molecule has 1 N–H and O–H groups in total. The Kier molecular flexibility index (Phi) is 4.22. The number of nitrogens with zero attached hydrogens (tertiary/aromatic N) is 1. The lowest BCUT2D eigenvalue weighted by Crippen LogP contribution is -2.35. The summed E-state index contributed by atoms with van der Waals surface area (Å²) in [7, 11) is 0. The first-order valence-electron chi connectivity index (χ1n) is 5.92. The molecule has 0 unspecified atom stereocenters. The van der Waals surface area contributed by atoms with Gasteiger partial charge in [0, 0.05) is 5.02 Å². The summed E-state index contributed by atoms with van der Waals surface area (Å²) in [4.78, 5) is 2.34. The van der Waals surface area contributed by atoms with Crippen molar-refractivity contribution < 1.29 is 5.11 Å². The van der Waals surface area contributed by atoms with Gasteiger partial charge >= 0.3 is 0 Å². The van der Waals surface area contributed by atoms with Crippen molar-refractivity contribution in [1.82, 2.24) is 4.90 Å².